The molecule has 0 unspecified atom stereocenters. The molecule has 0 radical (unpaired) electrons. The summed E-state index contributed by atoms with van der Waals surface area (Å²) >= 11 is 3.52. The zero-order valence-corrected chi connectivity index (χ0v) is 31.0. The maximum atomic E-state index is 14.3. The lowest BCUT2D eigenvalue weighted by Gasteiger charge is -2.26. The topological polar surface area (TPSA) is 88.4 Å². The molecule has 0 saturated heterocycles. The van der Waals surface area contributed by atoms with Gasteiger partial charge in [-0.2, -0.15) is 0 Å². The molecule has 1 aliphatic heterocycles. The molecule has 1 aromatic heterocycles. The van der Waals surface area contributed by atoms with Crippen molar-refractivity contribution in [1.29, 1.82) is 0 Å². The van der Waals surface area contributed by atoms with Crippen LogP contribution < -0.4 is 29.1 Å². The van der Waals surface area contributed by atoms with E-state index in [2.05, 4.69) is 46.9 Å². The van der Waals surface area contributed by atoms with Crippen molar-refractivity contribution in [3.63, 3.8) is 0 Å². The van der Waals surface area contributed by atoms with E-state index in [0.717, 1.165) is 25.5 Å². The summed E-state index contributed by atoms with van der Waals surface area (Å²) in [4.78, 5) is 32.9. The van der Waals surface area contributed by atoms with Crippen molar-refractivity contribution in [3.8, 4) is 17.2 Å². The van der Waals surface area contributed by atoms with Crippen LogP contribution in [0, 0.1) is 3.57 Å². The minimum Gasteiger partial charge on any atom is -0.491 e. The molecule has 4 aromatic carbocycles. The predicted molar refractivity (Wildman–Crippen MR) is 201 cm³/mol. The van der Waals surface area contributed by atoms with Crippen LogP contribution in [0.1, 0.15) is 57.4 Å². The van der Waals surface area contributed by atoms with Gasteiger partial charge in [-0.05, 0) is 103 Å². The first-order chi connectivity index (χ1) is 23.7. The summed E-state index contributed by atoms with van der Waals surface area (Å²) < 4.78 is 27.0. The van der Waals surface area contributed by atoms with Gasteiger partial charge in [-0.25, -0.2) is 9.79 Å². The zero-order chi connectivity index (χ0) is 34.7. The second-order valence-electron chi connectivity index (χ2n) is 11.7. The Morgan fingerprint density at radius 2 is 1.73 bits per heavy atom. The predicted octanol–water partition coefficient (Wildman–Crippen LogP) is 7.32. The first-order valence-electron chi connectivity index (χ1n) is 16.2. The first kappa shape index (κ1) is 34.4. The number of carbonyl (C=O) groups is 1. The summed E-state index contributed by atoms with van der Waals surface area (Å²) in [7, 11) is 0. The van der Waals surface area contributed by atoms with Gasteiger partial charge in [0.1, 0.15) is 18.4 Å². The lowest BCUT2D eigenvalue weighted by atomic mass is 9.95. The highest BCUT2D eigenvalue weighted by molar-refractivity contribution is 14.1. The average Bonchev–Trinajstić information content (AvgIpc) is 3.37. The highest BCUT2D eigenvalue weighted by Crippen LogP contribution is 2.37. The van der Waals surface area contributed by atoms with Crippen LogP contribution in [0.2, 0.25) is 0 Å². The van der Waals surface area contributed by atoms with E-state index in [-0.39, 0.29) is 18.3 Å². The second kappa shape index (κ2) is 15.0. The number of carbonyl (C=O) groups excluding carboxylic acids is 1. The molecule has 2 heterocycles. The Kier molecular flexibility index (Phi) is 10.5. The van der Waals surface area contributed by atoms with Gasteiger partial charge in [-0.15, -0.1) is 0 Å². The Bertz CT molecular complexity index is 2250. The summed E-state index contributed by atoms with van der Waals surface area (Å²) in [5.74, 6) is 1.30. The Morgan fingerprint density at radius 3 is 2.51 bits per heavy atom. The van der Waals surface area contributed by atoms with E-state index in [1.807, 2.05) is 81.4 Å². The Balaban J connectivity index is 1.43. The number of hydrogen-bond donors (Lipinski definition) is 0. The van der Waals surface area contributed by atoms with Gasteiger partial charge in [-0.3, -0.25) is 9.36 Å². The van der Waals surface area contributed by atoms with Crippen molar-refractivity contribution in [3.05, 3.63) is 130 Å². The molecule has 5 aromatic rings. The number of fused-ring (bicyclic) bond motifs is 2. The number of esters is 1. The van der Waals surface area contributed by atoms with Crippen LogP contribution in [-0.2, 0) is 16.1 Å². The molecular formula is C39H37IN2O6S. The fraction of sp³-hybridized carbons (Fsp3) is 0.256. The molecule has 8 nitrogen and oxygen atoms in total. The summed E-state index contributed by atoms with van der Waals surface area (Å²) in [6, 6.07) is 25.0. The minimum absolute atomic E-state index is 0.117. The molecule has 0 aliphatic carbocycles. The van der Waals surface area contributed by atoms with Gasteiger partial charge in [0.2, 0.25) is 0 Å². The summed E-state index contributed by atoms with van der Waals surface area (Å²) in [6.07, 6.45) is 1.72. The molecule has 0 saturated carbocycles. The minimum atomic E-state index is -0.781. The van der Waals surface area contributed by atoms with Crippen molar-refractivity contribution < 1.29 is 23.7 Å². The largest absolute Gasteiger partial charge is 0.491 e. The smallest absolute Gasteiger partial charge is 0.338 e. The quantitative estimate of drug-likeness (QED) is 0.103. The van der Waals surface area contributed by atoms with E-state index in [9.17, 15) is 9.59 Å². The third kappa shape index (κ3) is 7.16. The number of aromatic nitrogens is 1. The number of thiazole rings is 1. The lowest BCUT2D eigenvalue weighted by molar-refractivity contribution is -0.139. The molecule has 10 heteroatoms. The Hall–Kier alpha value is -4.42. The molecule has 0 N–H and O–H groups in total. The van der Waals surface area contributed by atoms with Crippen molar-refractivity contribution in [2.24, 2.45) is 4.99 Å². The standard InChI is InChI=1S/C39H37IN2O6S/c1-6-45-32-20-25(19-30(40)36(32)47-22-27-15-12-14-26-13-8-9-16-28(26)27)21-33-37(43)42-35(29-17-10-11-18-31(29)48-23(3)4)34(38(44)46-7-2)24(5)41-39(42)49-33/h8-21,23,35H,6-7,22H2,1-5H3/b33-21-/t35-/m1/s1. The molecule has 0 amide bonds. The van der Waals surface area contributed by atoms with Crippen LogP contribution in [0.15, 0.2) is 99.9 Å². The lowest BCUT2D eigenvalue weighted by Crippen LogP contribution is -2.40. The molecule has 49 heavy (non-hydrogen) atoms. The fourth-order valence-corrected chi connectivity index (χ4v) is 7.78. The van der Waals surface area contributed by atoms with Gasteiger partial charge in [0.05, 0.1) is 38.7 Å². The van der Waals surface area contributed by atoms with Crippen molar-refractivity contribution >= 4 is 56.7 Å². The number of rotatable bonds is 11. The normalized spacial score (nSPS) is 14.5. The Morgan fingerprint density at radius 1 is 0.980 bits per heavy atom. The van der Waals surface area contributed by atoms with Gasteiger partial charge in [0.15, 0.2) is 16.3 Å². The number of halogens is 1. The van der Waals surface area contributed by atoms with Gasteiger partial charge >= 0.3 is 5.97 Å². The highest BCUT2D eigenvalue weighted by atomic mass is 127. The number of allylic oxidation sites excluding steroid dienone is 1. The van der Waals surface area contributed by atoms with E-state index in [0.29, 0.717) is 56.6 Å². The molecule has 6 rings (SSSR count). The highest BCUT2D eigenvalue weighted by Gasteiger charge is 2.35. The summed E-state index contributed by atoms with van der Waals surface area (Å²) in [6.45, 7) is 10.3. The van der Waals surface area contributed by atoms with Crippen molar-refractivity contribution in [2.45, 2.75) is 53.4 Å². The van der Waals surface area contributed by atoms with Gasteiger partial charge in [0, 0.05) is 5.56 Å². The van der Waals surface area contributed by atoms with Crippen molar-refractivity contribution in [2.75, 3.05) is 13.2 Å². The SMILES string of the molecule is CCOC(=O)C1=C(C)N=c2s/c(=C\c3cc(I)c(OCc4cccc5ccccc45)c(OCC)c3)c(=O)n2[C@@H]1c1ccccc1OC(C)C. The van der Waals surface area contributed by atoms with E-state index in [1.54, 1.807) is 18.4 Å². The van der Waals surface area contributed by atoms with Crippen LogP contribution in [0.5, 0.6) is 17.2 Å². The molecule has 1 aliphatic rings. The Labute approximate surface area is 302 Å². The van der Waals surface area contributed by atoms with E-state index >= 15 is 0 Å². The second-order valence-corrected chi connectivity index (χ2v) is 13.9. The fourth-order valence-electron chi connectivity index (χ4n) is 5.95. The van der Waals surface area contributed by atoms with Crippen LogP contribution >= 0.6 is 33.9 Å². The monoisotopic (exact) mass is 788 g/mol. The number of ether oxygens (including phenoxy) is 4. The average molecular weight is 789 g/mol. The van der Waals surface area contributed by atoms with E-state index in [4.69, 9.17) is 23.9 Å². The van der Waals surface area contributed by atoms with Gasteiger partial charge in [-0.1, -0.05) is 72.0 Å². The van der Waals surface area contributed by atoms with Crippen LogP contribution in [-0.4, -0.2) is 29.9 Å². The van der Waals surface area contributed by atoms with Crippen LogP contribution in [0.4, 0.5) is 0 Å². The van der Waals surface area contributed by atoms with E-state index in [1.165, 1.54) is 11.3 Å². The molecule has 0 bridgehead atoms. The third-order valence-electron chi connectivity index (χ3n) is 7.97. The number of nitrogens with zero attached hydrogens (tertiary/aromatic N) is 2. The molecule has 0 spiro atoms. The third-order valence-corrected chi connectivity index (χ3v) is 9.76. The molecule has 0 fully saturated rings. The maximum absolute atomic E-state index is 14.3. The van der Waals surface area contributed by atoms with Crippen LogP contribution in [0.3, 0.4) is 0 Å². The summed E-state index contributed by atoms with van der Waals surface area (Å²) in [5, 5.41) is 2.30. The summed E-state index contributed by atoms with van der Waals surface area (Å²) in [5.41, 5.74) is 3.07. The zero-order valence-electron chi connectivity index (χ0n) is 28.0. The number of para-hydroxylation sites is 1. The first-order valence-corrected chi connectivity index (χ1v) is 18.1. The number of benzene rings is 4. The van der Waals surface area contributed by atoms with Gasteiger partial charge in [0.25, 0.3) is 5.56 Å². The van der Waals surface area contributed by atoms with E-state index < -0.39 is 12.0 Å². The maximum Gasteiger partial charge on any atom is 0.338 e. The van der Waals surface area contributed by atoms with Crippen LogP contribution in [0.25, 0.3) is 16.8 Å². The van der Waals surface area contributed by atoms with Gasteiger partial charge < -0.3 is 18.9 Å². The molecular weight excluding hydrogens is 751 g/mol. The number of hydrogen-bond acceptors (Lipinski definition) is 8. The van der Waals surface area contributed by atoms with Crippen molar-refractivity contribution in [1.82, 2.24) is 4.57 Å². The molecule has 252 valence electrons. The molecule has 1 atom stereocenters.